The Bertz CT molecular complexity index is 1130. The van der Waals surface area contributed by atoms with Crippen molar-refractivity contribution in [3.63, 3.8) is 0 Å². The van der Waals surface area contributed by atoms with Crippen LogP contribution in [0.5, 0.6) is 0 Å². The molecule has 1 aromatic rings. The summed E-state index contributed by atoms with van der Waals surface area (Å²) < 4.78 is 12.1. The molecular formula is C32H51N3O6S. The second-order valence-corrected chi connectivity index (χ2v) is 14.7. The Morgan fingerprint density at radius 2 is 1.86 bits per heavy atom. The van der Waals surface area contributed by atoms with Crippen molar-refractivity contribution in [2.24, 2.45) is 17.3 Å². The van der Waals surface area contributed by atoms with Crippen molar-refractivity contribution < 1.29 is 29.3 Å². The first-order chi connectivity index (χ1) is 19.7. The second-order valence-electron chi connectivity index (χ2n) is 13.7. The molecule has 0 bridgehead atoms. The maximum absolute atomic E-state index is 13.3. The number of aliphatic hydroxyl groups is 2. The molecular weight excluding hydrogens is 554 g/mol. The van der Waals surface area contributed by atoms with Crippen molar-refractivity contribution in [3.8, 4) is 0 Å². The largest absolute Gasteiger partial charge is 0.458 e. The monoisotopic (exact) mass is 605 g/mol. The molecule has 7 unspecified atom stereocenters. The van der Waals surface area contributed by atoms with E-state index in [0.717, 1.165) is 68.3 Å². The number of cyclic esters (lactones) is 1. The zero-order chi connectivity index (χ0) is 30.8. The lowest BCUT2D eigenvalue weighted by Gasteiger charge is -2.34. The Morgan fingerprint density at radius 3 is 2.55 bits per heavy atom. The number of piperazine rings is 1. The molecule has 1 aromatic heterocycles. The van der Waals surface area contributed by atoms with Crippen molar-refractivity contribution in [2.75, 3.05) is 33.2 Å². The van der Waals surface area contributed by atoms with Gasteiger partial charge in [0.25, 0.3) is 0 Å². The number of carbonyl (C=O) groups excluding carboxylic acids is 2. The van der Waals surface area contributed by atoms with Gasteiger partial charge in [-0.2, -0.15) is 0 Å². The molecule has 236 valence electrons. The van der Waals surface area contributed by atoms with Crippen molar-refractivity contribution in [2.45, 2.75) is 110 Å². The van der Waals surface area contributed by atoms with Crippen molar-refractivity contribution in [1.29, 1.82) is 0 Å². The summed E-state index contributed by atoms with van der Waals surface area (Å²) in [6.45, 7) is 16.0. The predicted molar refractivity (Wildman–Crippen MR) is 164 cm³/mol. The minimum Gasteiger partial charge on any atom is -0.458 e. The van der Waals surface area contributed by atoms with Crippen LogP contribution in [0, 0.1) is 17.3 Å². The number of aromatic nitrogens is 1. The van der Waals surface area contributed by atoms with Gasteiger partial charge in [-0.1, -0.05) is 34.1 Å². The average Bonchev–Trinajstić information content (AvgIpc) is 3.35. The highest BCUT2D eigenvalue weighted by molar-refractivity contribution is 7.09. The number of ketones is 1. The van der Waals surface area contributed by atoms with Crippen LogP contribution in [0.4, 0.5) is 0 Å². The molecule has 0 spiro atoms. The molecule has 42 heavy (non-hydrogen) atoms. The lowest BCUT2D eigenvalue weighted by Crippen LogP contribution is -2.45. The lowest BCUT2D eigenvalue weighted by molar-refractivity contribution is -0.154. The van der Waals surface area contributed by atoms with Gasteiger partial charge in [-0.05, 0) is 51.3 Å². The fourth-order valence-corrected chi connectivity index (χ4v) is 7.07. The molecule has 3 fully saturated rings. The van der Waals surface area contributed by atoms with Gasteiger partial charge < -0.3 is 24.6 Å². The van der Waals surface area contributed by atoms with Gasteiger partial charge in [0, 0.05) is 43.9 Å². The van der Waals surface area contributed by atoms with Crippen LogP contribution >= 0.6 is 11.3 Å². The molecule has 0 saturated carbocycles. The van der Waals surface area contributed by atoms with Crippen LogP contribution in [-0.2, 0) is 25.6 Å². The highest BCUT2D eigenvalue weighted by atomic mass is 32.1. The highest BCUT2D eigenvalue weighted by Crippen LogP contribution is 2.45. The van der Waals surface area contributed by atoms with E-state index in [1.165, 1.54) is 0 Å². The van der Waals surface area contributed by atoms with Gasteiger partial charge in [-0.15, -0.1) is 11.3 Å². The third kappa shape index (κ3) is 8.07. The van der Waals surface area contributed by atoms with Gasteiger partial charge >= 0.3 is 5.97 Å². The van der Waals surface area contributed by atoms with Crippen LogP contribution in [0.15, 0.2) is 11.0 Å². The molecule has 3 saturated heterocycles. The number of nitrogens with zero attached hydrogens (tertiary/aromatic N) is 3. The van der Waals surface area contributed by atoms with Crippen molar-refractivity contribution in [1.82, 2.24) is 14.8 Å². The maximum Gasteiger partial charge on any atom is 0.309 e. The summed E-state index contributed by atoms with van der Waals surface area (Å²) in [6, 6.07) is 0. The molecule has 4 rings (SSSR count). The first-order valence-corrected chi connectivity index (χ1v) is 16.4. The molecule has 7 atom stereocenters. The van der Waals surface area contributed by atoms with Gasteiger partial charge in [0.2, 0.25) is 0 Å². The van der Waals surface area contributed by atoms with E-state index >= 15 is 0 Å². The van der Waals surface area contributed by atoms with Crippen LogP contribution in [0.3, 0.4) is 0 Å². The van der Waals surface area contributed by atoms with E-state index in [4.69, 9.17) is 14.5 Å². The fourth-order valence-electron chi connectivity index (χ4n) is 6.28. The summed E-state index contributed by atoms with van der Waals surface area (Å²) in [5.41, 5.74) is 0.188. The van der Waals surface area contributed by atoms with Gasteiger partial charge in [0.1, 0.15) is 16.9 Å². The summed E-state index contributed by atoms with van der Waals surface area (Å²) in [6.07, 6.45) is 1.98. The Kier molecular flexibility index (Phi) is 10.7. The lowest BCUT2D eigenvalue weighted by atomic mass is 9.73. The SMILES string of the molecule is CC(=Cc1csc(CN2CCN(C)CC2)n1)C1CC2OC2(C)CCCC(C)C(O)C(C)C(=O)C(C)(C)C(O)CC(=O)O1. The van der Waals surface area contributed by atoms with Crippen LogP contribution in [0.1, 0.15) is 84.3 Å². The predicted octanol–water partition coefficient (Wildman–Crippen LogP) is 3.92. The summed E-state index contributed by atoms with van der Waals surface area (Å²) in [4.78, 5) is 36.1. The number of fused-ring (bicyclic) bond motifs is 1. The van der Waals surface area contributed by atoms with Gasteiger partial charge in [-0.25, -0.2) is 4.98 Å². The van der Waals surface area contributed by atoms with E-state index in [2.05, 4.69) is 23.8 Å². The number of esters is 1. The third-order valence-electron chi connectivity index (χ3n) is 9.81. The summed E-state index contributed by atoms with van der Waals surface area (Å²) in [5.74, 6) is -1.56. The zero-order valence-electron chi connectivity index (χ0n) is 26.5. The van der Waals surface area contributed by atoms with Gasteiger partial charge in [-0.3, -0.25) is 14.5 Å². The number of aliphatic hydroxyl groups excluding tert-OH is 2. The minimum absolute atomic E-state index is 0.0584. The van der Waals surface area contributed by atoms with E-state index in [-0.39, 0.29) is 29.8 Å². The van der Waals surface area contributed by atoms with Gasteiger partial charge in [0.05, 0.1) is 48.0 Å². The molecule has 3 aliphatic rings. The fraction of sp³-hybridized carbons (Fsp3) is 0.781. The number of rotatable bonds is 4. The third-order valence-corrected chi connectivity index (χ3v) is 10.7. The van der Waals surface area contributed by atoms with E-state index in [0.29, 0.717) is 6.42 Å². The van der Waals surface area contributed by atoms with Crippen LogP contribution < -0.4 is 0 Å². The number of hydrogen-bond donors (Lipinski definition) is 2. The summed E-state index contributed by atoms with van der Waals surface area (Å²) in [7, 11) is 2.15. The van der Waals surface area contributed by atoms with E-state index < -0.39 is 35.6 Å². The van der Waals surface area contributed by atoms with Crippen molar-refractivity contribution in [3.05, 3.63) is 21.7 Å². The maximum atomic E-state index is 13.3. The number of Topliss-reactive ketones (excluding diaryl/α,β-unsaturated/α-hetero) is 1. The summed E-state index contributed by atoms with van der Waals surface area (Å²) >= 11 is 1.64. The zero-order valence-corrected chi connectivity index (χ0v) is 27.3. The molecule has 2 N–H and O–H groups in total. The van der Waals surface area contributed by atoms with E-state index in [9.17, 15) is 19.8 Å². The number of thiazole rings is 1. The molecule has 10 heteroatoms. The number of epoxide rings is 1. The standard InChI is InChI=1S/C32H51N3O6S/c1-20-9-8-10-32(6)26(41-32)16-24(40-28(37)17-25(36)31(4,5)30(39)22(3)29(20)38)21(2)15-23-19-42-27(33-23)18-35-13-11-34(7)12-14-35/h15,19-20,22,24-26,29,36,38H,8-14,16-18H2,1-7H3. The molecule has 0 amide bonds. The highest BCUT2D eigenvalue weighted by Gasteiger charge is 2.53. The number of hydrogen-bond acceptors (Lipinski definition) is 10. The van der Waals surface area contributed by atoms with Crippen LogP contribution in [0.2, 0.25) is 0 Å². The second kappa shape index (κ2) is 13.5. The van der Waals surface area contributed by atoms with Crippen LogP contribution in [0.25, 0.3) is 6.08 Å². The van der Waals surface area contributed by atoms with Crippen molar-refractivity contribution >= 4 is 29.2 Å². The number of likely N-dealkylation sites (N-methyl/N-ethyl adjacent to an activating group) is 1. The Balaban J connectivity index is 1.50. The number of ether oxygens (including phenoxy) is 2. The molecule has 9 nitrogen and oxygen atoms in total. The smallest absolute Gasteiger partial charge is 0.309 e. The van der Waals surface area contributed by atoms with Gasteiger partial charge in [0.15, 0.2) is 0 Å². The Morgan fingerprint density at radius 1 is 1.17 bits per heavy atom. The molecule has 0 aromatic carbocycles. The molecule has 3 aliphatic heterocycles. The quantitative estimate of drug-likeness (QED) is 0.389. The van der Waals surface area contributed by atoms with E-state index in [1.54, 1.807) is 32.1 Å². The average molecular weight is 606 g/mol. The number of carbonyl (C=O) groups is 2. The first-order valence-electron chi connectivity index (χ1n) is 15.5. The minimum atomic E-state index is -1.24. The summed E-state index contributed by atoms with van der Waals surface area (Å²) in [5, 5.41) is 25.0. The van der Waals surface area contributed by atoms with Crippen LogP contribution in [-0.4, -0.2) is 100.0 Å². The molecule has 0 aliphatic carbocycles. The topological polar surface area (TPSA) is 116 Å². The normalized spacial score (nSPS) is 36.4. The molecule has 4 heterocycles. The molecule has 0 radical (unpaired) electrons. The Labute approximate surface area is 255 Å². The van der Waals surface area contributed by atoms with E-state index in [1.807, 2.05) is 25.3 Å². The Hall–Kier alpha value is -1.69. The first kappa shape index (κ1) is 33.2.